The number of hydrogen-bond donors (Lipinski definition) is 0. The van der Waals surface area contributed by atoms with E-state index in [1.165, 1.54) is 6.42 Å². The molecule has 0 spiro atoms. The quantitative estimate of drug-likeness (QED) is 0.553. The van der Waals surface area contributed by atoms with Gasteiger partial charge in [-0.3, -0.25) is 0 Å². The molecule has 0 unspecified atom stereocenters. The van der Waals surface area contributed by atoms with Crippen molar-refractivity contribution in [2.75, 3.05) is 0 Å². The first-order valence-corrected chi connectivity index (χ1v) is 5.91. The van der Waals surface area contributed by atoms with E-state index in [1.54, 1.807) is 0 Å². The maximum atomic E-state index is 2.36. The summed E-state index contributed by atoms with van der Waals surface area (Å²) in [6.45, 7) is 14.2. The lowest BCUT2D eigenvalue weighted by molar-refractivity contribution is 0.146. The highest BCUT2D eigenvalue weighted by Gasteiger charge is 2.51. The van der Waals surface area contributed by atoms with Crippen molar-refractivity contribution in [1.82, 2.24) is 0 Å². The molecule has 0 atom stereocenters. The summed E-state index contributed by atoms with van der Waals surface area (Å²) >= 11 is 2.02. The van der Waals surface area contributed by atoms with Crippen LogP contribution < -0.4 is 0 Å². The minimum absolute atomic E-state index is 0.361. The molecule has 1 heterocycles. The SMILES string of the molecule is CC(C)(C)C1(C(C)(C)C)CC=CS1. The molecule has 1 rings (SSSR count). The molecule has 0 fully saturated rings. The van der Waals surface area contributed by atoms with Gasteiger partial charge >= 0.3 is 0 Å². The van der Waals surface area contributed by atoms with E-state index in [-0.39, 0.29) is 0 Å². The Labute approximate surface area is 87.2 Å². The Kier molecular flexibility index (Phi) is 2.62. The summed E-state index contributed by atoms with van der Waals surface area (Å²) in [6, 6.07) is 0. The fourth-order valence-electron chi connectivity index (χ4n) is 2.52. The fraction of sp³-hybridized carbons (Fsp3) is 0.833. The summed E-state index contributed by atoms with van der Waals surface area (Å²) in [7, 11) is 0. The third-order valence-corrected chi connectivity index (χ3v) is 5.32. The van der Waals surface area contributed by atoms with Crippen LogP contribution in [0.15, 0.2) is 11.5 Å². The van der Waals surface area contributed by atoms with Gasteiger partial charge in [-0.1, -0.05) is 47.6 Å². The van der Waals surface area contributed by atoms with Crippen LogP contribution in [0.5, 0.6) is 0 Å². The van der Waals surface area contributed by atoms with Gasteiger partial charge in [-0.2, -0.15) is 0 Å². The molecule has 0 N–H and O–H groups in total. The van der Waals surface area contributed by atoms with Crippen LogP contribution in [0.4, 0.5) is 0 Å². The monoisotopic (exact) mass is 198 g/mol. The molecular weight excluding hydrogens is 176 g/mol. The van der Waals surface area contributed by atoms with Crippen molar-refractivity contribution < 1.29 is 0 Å². The maximum Gasteiger partial charge on any atom is 0.0332 e. The number of rotatable bonds is 0. The highest BCUT2D eigenvalue weighted by molar-refractivity contribution is 8.03. The number of thioether (sulfide) groups is 1. The molecule has 0 nitrogen and oxygen atoms in total. The lowest BCUT2D eigenvalue weighted by atomic mass is 9.64. The van der Waals surface area contributed by atoms with E-state index < -0.39 is 0 Å². The molecular formula is C12H22S. The lowest BCUT2D eigenvalue weighted by Crippen LogP contribution is -2.48. The first-order chi connectivity index (χ1) is 5.71. The third kappa shape index (κ3) is 1.68. The Morgan fingerprint density at radius 2 is 1.46 bits per heavy atom. The minimum Gasteiger partial charge on any atom is -0.126 e. The van der Waals surface area contributed by atoms with Crippen LogP contribution in [0.2, 0.25) is 0 Å². The van der Waals surface area contributed by atoms with E-state index >= 15 is 0 Å². The Hall–Kier alpha value is 0.0900. The topological polar surface area (TPSA) is 0 Å². The molecule has 0 radical (unpaired) electrons. The van der Waals surface area contributed by atoms with E-state index in [0.29, 0.717) is 15.6 Å². The van der Waals surface area contributed by atoms with Crippen molar-refractivity contribution >= 4 is 11.8 Å². The minimum atomic E-state index is 0.361. The van der Waals surface area contributed by atoms with Crippen LogP contribution in [-0.2, 0) is 0 Å². The van der Waals surface area contributed by atoms with E-state index in [2.05, 4.69) is 53.0 Å². The van der Waals surface area contributed by atoms with E-state index in [1.807, 2.05) is 11.8 Å². The van der Waals surface area contributed by atoms with Crippen molar-refractivity contribution in [3.05, 3.63) is 11.5 Å². The summed E-state index contributed by atoms with van der Waals surface area (Å²) in [5.74, 6) is 0. The summed E-state index contributed by atoms with van der Waals surface area (Å²) in [4.78, 5) is 0. The molecule has 0 saturated heterocycles. The second kappa shape index (κ2) is 3.05. The average Bonchev–Trinajstić information content (AvgIpc) is 2.28. The molecule has 0 bridgehead atoms. The predicted molar refractivity (Wildman–Crippen MR) is 63.0 cm³/mol. The normalized spacial score (nSPS) is 22.3. The third-order valence-electron chi connectivity index (χ3n) is 3.19. The largest absolute Gasteiger partial charge is 0.126 e. The van der Waals surface area contributed by atoms with Crippen molar-refractivity contribution in [3.63, 3.8) is 0 Å². The maximum absolute atomic E-state index is 2.36. The van der Waals surface area contributed by atoms with Crippen molar-refractivity contribution in [2.45, 2.75) is 52.7 Å². The summed E-state index contributed by atoms with van der Waals surface area (Å²) in [5, 5.41) is 2.27. The highest BCUT2D eigenvalue weighted by Crippen LogP contribution is 2.58. The molecule has 76 valence electrons. The zero-order chi connectivity index (χ0) is 10.3. The van der Waals surface area contributed by atoms with Crippen LogP contribution in [0, 0.1) is 10.8 Å². The second-order valence-corrected chi connectivity index (χ2v) is 7.23. The van der Waals surface area contributed by atoms with Gasteiger partial charge in [-0.05, 0) is 22.7 Å². The second-order valence-electron chi connectivity index (χ2n) is 6.02. The van der Waals surface area contributed by atoms with E-state index in [0.717, 1.165) is 0 Å². The van der Waals surface area contributed by atoms with Gasteiger partial charge in [0.15, 0.2) is 0 Å². The van der Waals surface area contributed by atoms with Crippen LogP contribution in [-0.4, -0.2) is 4.75 Å². The molecule has 0 aromatic rings. The van der Waals surface area contributed by atoms with Crippen LogP contribution in [0.1, 0.15) is 48.0 Å². The van der Waals surface area contributed by atoms with Gasteiger partial charge in [0.05, 0.1) is 0 Å². The Balaban J connectivity index is 3.04. The van der Waals surface area contributed by atoms with Crippen molar-refractivity contribution in [3.8, 4) is 0 Å². The number of hydrogen-bond acceptors (Lipinski definition) is 1. The van der Waals surface area contributed by atoms with Crippen LogP contribution in [0.25, 0.3) is 0 Å². The molecule has 1 aliphatic rings. The van der Waals surface area contributed by atoms with Gasteiger partial charge in [-0.15, -0.1) is 11.8 Å². The zero-order valence-electron chi connectivity index (χ0n) is 9.77. The average molecular weight is 198 g/mol. The van der Waals surface area contributed by atoms with Gasteiger partial charge < -0.3 is 0 Å². The summed E-state index contributed by atoms with van der Waals surface area (Å²) in [5.41, 5.74) is 0.721. The van der Waals surface area contributed by atoms with Crippen LogP contribution in [0.3, 0.4) is 0 Å². The Morgan fingerprint density at radius 3 is 1.62 bits per heavy atom. The van der Waals surface area contributed by atoms with Gasteiger partial charge in [0, 0.05) is 4.75 Å². The Morgan fingerprint density at radius 1 is 1.00 bits per heavy atom. The van der Waals surface area contributed by atoms with Gasteiger partial charge in [0.25, 0.3) is 0 Å². The van der Waals surface area contributed by atoms with E-state index in [9.17, 15) is 0 Å². The Bertz CT molecular complexity index is 188. The fourth-order valence-corrected chi connectivity index (χ4v) is 3.84. The summed E-state index contributed by atoms with van der Waals surface area (Å²) in [6.07, 6.45) is 3.53. The molecule has 1 heteroatoms. The molecule has 0 aliphatic carbocycles. The molecule has 0 amide bonds. The smallest absolute Gasteiger partial charge is 0.0332 e. The first kappa shape index (κ1) is 11.2. The van der Waals surface area contributed by atoms with E-state index in [4.69, 9.17) is 0 Å². The molecule has 0 aromatic heterocycles. The molecule has 0 aromatic carbocycles. The molecule has 1 aliphatic heterocycles. The van der Waals surface area contributed by atoms with Crippen molar-refractivity contribution in [2.24, 2.45) is 10.8 Å². The zero-order valence-corrected chi connectivity index (χ0v) is 10.6. The van der Waals surface area contributed by atoms with Gasteiger partial charge in [0.1, 0.15) is 0 Å². The van der Waals surface area contributed by atoms with Gasteiger partial charge in [0.2, 0.25) is 0 Å². The lowest BCUT2D eigenvalue weighted by Gasteiger charge is -2.50. The summed E-state index contributed by atoms with van der Waals surface area (Å²) < 4.78 is 0.375. The predicted octanol–water partition coefficient (Wildman–Crippen LogP) is 4.47. The molecule has 13 heavy (non-hydrogen) atoms. The molecule has 0 saturated carbocycles. The highest BCUT2D eigenvalue weighted by atomic mass is 32.2. The standard InChI is InChI=1S/C12H22S/c1-10(2,3)12(11(4,5)6)8-7-9-13-12/h7,9H,8H2,1-6H3. The first-order valence-electron chi connectivity index (χ1n) is 5.03. The van der Waals surface area contributed by atoms with Crippen molar-refractivity contribution in [1.29, 1.82) is 0 Å². The number of allylic oxidation sites excluding steroid dienone is 1. The van der Waals surface area contributed by atoms with Gasteiger partial charge in [-0.25, -0.2) is 0 Å². The van der Waals surface area contributed by atoms with Crippen LogP contribution >= 0.6 is 11.8 Å².